The molecule has 0 aliphatic carbocycles. The molecule has 3 nitrogen and oxygen atoms in total. The summed E-state index contributed by atoms with van der Waals surface area (Å²) in [6, 6.07) is 0. The van der Waals surface area contributed by atoms with Crippen LogP contribution < -0.4 is 16.1 Å². The molecule has 4 heteroatoms. The zero-order chi connectivity index (χ0) is 6.24. The lowest BCUT2D eigenvalue weighted by molar-refractivity contribution is 0.594. The highest BCUT2D eigenvalue weighted by Gasteiger charge is 1.79. The summed E-state index contributed by atoms with van der Waals surface area (Å²) in [4.78, 5) is 0. The van der Waals surface area contributed by atoms with Crippen LogP contribution in [0.3, 0.4) is 0 Å². The molecule has 0 saturated carbocycles. The molecule has 0 aromatic rings. The third-order valence-corrected chi connectivity index (χ3v) is 0.854. The van der Waals surface area contributed by atoms with Gasteiger partial charge in [-0.15, -0.1) is 0 Å². The second kappa shape index (κ2) is 6.94. The monoisotopic (exact) mass is 115 g/mol. The largest absolute Gasteiger partial charge is 0.358 e. The van der Waals surface area contributed by atoms with Crippen molar-refractivity contribution < 1.29 is 0 Å². The van der Waals surface area contributed by atoms with Crippen LogP contribution in [-0.2, 0) is 0 Å². The molecule has 0 amide bonds. The number of hydrazine groups is 1. The Morgan fingerprint density at radius 3 is 2.62 bits per heavy atom. The first-order valence-corrected chi connectivity index (χ1v) is 3.02. The van der Waals surface area contributed by atoms with Gasteiger partial charge in [-0.05, 0) is 13.6 Å². The van der Waals surface area contributed by atoms with E-state index in [0.717, 1.165) is 20.5 Å². The zero-order valence-electron chi connectivity index (χ0n) is 5.62. The average molecular weight is 115 g/mol. The Kier molecular flexibility index (Phi) is 6.90. The van der Waals surface area contributed by atoms with Crippen molar-refractivity contribution in [1.29, 1.82) is 0 Å². The normalized spacial score (nSPS) is 9.25. The van der Waals surface area contributed by atoms with E-state index < -0.39 is 0 Å². The molecule has 0 saturated heterocycles. The van der Waals surface area contributed by atoms with Gasteiger partial charge in [-0.1, -0.05) is 6.82 Å². The van der Waals surface area contributed by atoms with Crippen LogP contribution in [0.5, 0.6) is 0 Å². The highest BCUT2D eigenvalue weighted by atomic mass is 15.3. The van der Waals surface area contributed by atoms with Crippen LogP contribution >= 0.6 is 0 Å². The van der Waals surface area contributed by atoms with Crippen LogP contribution in [0.25, 0.3) is 0 Å². The van der Waals surface area contributed by atoms with Crippen molar-refractivity contribution in [3.63, 3.8) is 0 Å². The van der Waals surface area contributed by atoms with E-state index in [1.165, 1.54) is 0 Å². The van der Waals surface area contributed by atoms with E-state index in [-0.39, 0.29) is 0 Å². The van der Waals surface area contributed by atoms with Crippen molar-refractivity contribution in [2.24, 2.45) is 0 Å². The highest BCUT2D eigenvalue weighted by molar-refractivity contribution is 6.29. The van der Waals surface area contributed by atoms with E-state index in [4.69, 9.17) is 0 Å². The van der Waals surface area contributed by atoms with Crippen molar-refractivity contribution >= 4 is 7.41 Å². The summed E-state index contributed by atoms with van der Waals surface area (Å²) in [7, 11) is 2.91. The minimum absolute atomic E-state index is 0.977. The molecule has 0 aliphatic rings. The predicted molar refractivity (Wildman–Crippen MR) is 38.1 cm³/mol. The summed E-state index contributed by atoms with van der Waals surface area (Å²) in [5.74, 6) is 0. The van der Waals surface area contributed by atoms with Gasteiger partial charge in [-0.25, -0.2) is 0 Å². The third-order valence-electron chi connectivity index (χ3n) is 0.854. The van der Waals surface area contributed by atoms with Crippen molar-refractivity contribution in [3.05, 3.63) is 0 Å². The molecule has 0 rings (SSSR count). The number of hydrogen-bond donors (Lipinski definition) is 3. The van der Waals surface area contributed by atoms with Gasteiger partial charge >= 0.3 is 0 Å². The molecule has 0 fully saturated rings. The minimum atomic E-state index is 0.977. The second-order valence-electron chi connectivity index (χ2n) is 1.53. The quantitative estimate of drug-likeness (QED) is 0.237. The van der Waals surface area contributed by atoms with Gasteiger partial charge in [0.2, 0.25) is 0 Å². The SMILES string of the molecule is CBNCCNNC. The lowest BCUT2D eigenvalue weighted by atomic mass is 10.0. The summed E-state index contributed by atoms with van der Waals surface area (Å²) < 4.78 is 0. The second-order valence-corrected chi connectivity index (χ2v) is 1.53. The van der Waals surface area contributed by atoms with E-state index in [9.17, 15) is 0 Å². The molecule has 0 aliphatic heterocycles. The molecule has 0 aromatic heterocycles. The average Bonchev–Trinajstić information content (AvgIpc) is 1.81. The molecule has 8 heavy (non-hydrogen) atoms. The van der Waals surface area contributed by atoms with E-state index >= 15 is 0 Å². The number of rotatable bonds is 5. The molecule has 0 atom stereocenters. The van der Waals surface area contributed by atoms with Crippen molar-refractivity contribution in [1.82, 2.24) is 16.1 Å². The third kappa shape index (κ3) is 5.94. The Morgan fingerprint density at radius 1 is 1.38 bits per heavy atom. The number of nitrogens with one attached hydrogen (secondary N) is 3. The summed E-state index contributed by atoms with van der Waals surface area (Å²) in [6.45, 7) is 4.10. The van der Waals surface area contributed by atoms with E-state index in [1.807, 2.05) is 7.05 Å². The molecule has 3 N–H and O–H groups in total. The van der Waals surface area contributed by atoms with Gasteiger partial charge in [-0.3, -0.25) is 10.9 Å². The van der Waals surface area contributed by atoms with Gasteiger partial charge in [0, 0.05) is 6.54 Å². The molecule has 48 valence electrons. The Hall–Kier alpha value is -0.0551. The van der Waals surface area contributed by atoms with Gasteiger partial charge in [-0.2, -0.15) is 0 Å². The fourth-order valence-corrected chi connectivity index (χ4v) is 0.453. The van der Waals surface area contributed by atoms with Crippen LogP contribution in [0.15, 0.2) is 0 Å². The van der Waals surface area contributed by atoms with Gasteiger partial charge < -0.3 is 5.23 Å². The smallest absolute Gasteiger partial charge is 0.197 e. The number of hydrogen-bond acceptors (Lipinski definition) is 3. The first kappa shape index (κ1) is 7.94. The molecule has 0 aromatic carbocycles. The first-order chi connectivity index (χ1) is 3.91. The molecular weight excluding hydrogens is 101 g/mol. The molecule has 0 unspecified atom stereocenters. The Morgan fingerprint density at radius 2 is 2.12 bits per heavy atom. The van der Waals surface area contributed by atoms with E-state index in [2.05, 4.69) is 22.9 Å². The van der Waals surface area contributed by atoms with Crippen LogP contribution in [-0.4, -0.2) is 27.6 Å². The maximum atomic E-state index is 3.18. The predicted octanol–water partition coefficient (Wildman–Crippen LogP) is -1.30. The van der Waals surface area contributed by atoms with E-state index in [0.29, 0.717) is 0 Å². The molecule has 0 heterocycles. The zero-order valence-corrected chi connectivity index (χ0v) is 5.62. The van der Waals surface area contributed by atoms with Gasteiger partial charge in [0.1, 0.15) is 0 Å². The first-order valence-electron chi connectivity index (χ1n) is 3.02. The fourth-order valence-electron chi connectivity index (χ4n) is 0.453. The van der Waals surface area contributed by atoms with Gasteiger partial charge in [0.05, 0.1) is 0 Å². The lowest BCUT2D eigenvalue weighted by Gasteiger charge is -2.00. The minimum Gasteiger partial charge on any atom is -0.358 e. The highest BCUT2D eigenvalue weighted by Crippen LogP contribution is 1.50. The summed E-state index contributed by atoms with van der Waals surface area (Å²) in [6.07, 6.45) is 0. The van der Waals surface area contributed by atoms with Crippen molar-refractivity contribution in [2.75, 3.05) is 20.1 Å². The maximum Gasteiger partial charge on any atom is 0.197 e. The van der Waals surface area contributed by atoms with Crippen LogP contribution in [0.1, 0.15) is 0 Å². The fraction of sp³-hybridized carbons (Fsp3) is 1.00. The van der Waals surface area contributed by atoms with Crippen molar-refractivity contribution in [3.8, 4) is 0 Å². The van der Waals surface area contributed by atoms with Gasteiger partial charge in [0.15, 0.2) is 7.41 Å². The Balaban J connectivity index is 2.53. The summed E-state index contributed by atoms with van der Waals surface area (Å²) in [5.41, 5.74) is 5.81. The lowest BCUT2D eigenvalue weighted by Crippen LogP contribution is -2.35. The molecular formula is C4H14BN3. The Bertz CT molecular complexity index is 36.3. The standard InChI is InChI=1S/C4H14BN3/c1-5-7-3-4-8-6-2/h5-8H,3-4H2,1-2H3. The molecule has 0 bridgehead atoms. The summed E-state index contributed by atoms with van der Waals surface area (Å²) >= 11 is 0. The summed E-state index contributed by atoms with van der Waals surface area (Å²) in [5, 5.41) is 3.18. The van der Waals surface area contributed by atoms with Gasteiger partial charge in [0.25, 0.3) is 0 Å². The Labute approximate surface area is 51.5 Å². The molecule has 0 radical (unpaired) electrons. The topological polar surface area (TPSA) is 36.1 Å². The van der Waals surface area contributed by atoms with Crippen LogP contribution in [0.4, 0.5) is 0 Å². The maximum absolute atomic E-state index is 3.18. The van der Waals surface area contributed by atoms with E-state index in [1.54, 1.807) is 0 Å². The van der Waals surface area contributed by atoms with Crippen LogP contribution in [0.2, 0.25) is 6.82 Å². The van der Waals surface area contributed by atoms with Crippen LogP contribution in [0, 0.1) is 0 Å². The molecule has 0 spiro atoms. The van der Waals surface area contributed by atoms with Crippen molar-refractivity contribution in [2.45, 2.75) is 6.82 Å².